The van der Waals surface area contributed by atoms with Crippen LogP contribution in [0.5, 0.6) is 0 Å². The number of aryl methyl sites for hydroxylation is 2. The Labute approximate surface area is 290 Å². The third-order valence-corrected chi connectivity index (χ3v) is 10.8. The number of carbonyl (C=O) groups is 2. The predicted octanol–water partition coefficient (Wildman–Crippen LogP) is 7.44. The van der Waals surface area contributed by atoms with Crippen LogP contribution in [0.25, 0.3) is 28.1 Å². The predicted molar refractivity (Wildman–Crippen MR) is 199 cm³/mol. The summed E-state index contributed by atoms with van der Waals surface area (Å²) in [6.07, 6.45) is 5.66. The van der Waals surface area contributed by atoms with Crippen molar-refractivity contribution in [1.82, 2.24) is 29.7 Å². The first-order chi connectivity index (χ1) is 23.3. The Kier molecular flexibility index (Phi) is 10.6. The number of rotatable bonds is 11. The highest BCUT2D eigenvalue weighted by atomic mass is 16.5. The number of nitrogens with zero attached hydrogens (tertiary/aromatic N) is 4. The number of hydrogen-bond acceptors (Lipinski definition) is 6. The topological polar surface area (TPSA) is 107 Å². The Morgan fingerprint density at radius 3 is 2.33 bits per heavy atom. The largest absolute Gasteiger partial charge is 0.469 e. The van der Waals surface area contributed by atoms with Gasteiger partial charge in [-0.1, -0.05) is 32.6 Å². The summed E-state index contributed by atoms with van der Waals surface area (Å²) in [6, 6.07) is 10.6. The number of aromatic nitrogens is 4. The van der Waals surface area contributed by atoms with Gasteiger partial charge < -0.3 is 24.5 Å². The zero-order valence-electron chi connectivity index (χ0n) is 30.4. The van der Waals surface area contributed by atoms with E-state index in [1.165, 1.54) is 7.11 Å². The number of nitrogens with one attached hydrogen (secondary N) is 2. The van der Waals surface area contributed by atoms with Gasteiger partial charge in [0.15, 0.2) is 0 Å². The van der Waals surface area contributed by atoms with Crippen LogP contribution in [0.1, 0.15) is 96.8 Å². The van der Waals surface area contributed by atoms with Crippen molar-refractivity contribution in [2.24, 2.45) is 0 Å². The van der Waals surface area contributed by atoms with Gasteiger partial charge >= 0.3 is 5.97 Å². The molecule has 2 aliphatic rings. The summed E-state index contributed by atoms with van der Waals surface area (Å²) in [4.78, 5) is 47.4. The molecule has 8 bridgehead atoms. The lowest BCUT2D eigenvalue weighted by Crippen LogP contribution is -2.35. The van der Waals surface area contributed by atoms with E-state index in [2.05, 4.69) is 86.1 Å². The average Bonchev–Trinajstić information content (AvgIpc) is 3.74. The molecule has 49 heavy (non-hydrogen) atoms. The minimum Gasteiger partial charge on any atom is -0.469 e. The lowest BCUT2D eigenvalue weighted by Gasteiger charge is -2.31. The highest BCUT2D eigenvalue weighted by molar-refractivity contribution is 5.82. The summed E-state index contributed by atoms with van der Waals surface area (Å²) in [7, 11) is 7.31. The van der Waals surface area contributed by atoms with E-state index in [0.717, 1.165) is 68.1 Å². The van der Waals surface area contributed by atoms with E-state index in [4.69, 9.17) is 14.7 Å². The lowest BCUT2D eigenvalue weighted by atomic mass is 9.71. The number of hydrogen-bond donors (Lipinski definition) is 2. The maximum atomic E-state index is 13.4. The van der Waals surface area contributed by atoms with Crippen molar-refractivity contribution in [3.63, 3.8) is 0 Å². The van der Waals surface area contributed by atoms with Crippen molar-refractivity contribution in [2.45, 2.75) is 76.5 Å². The first-order valence-corrected chi connectivity index (χ1v) is 17.3. The van der Waals surface area contributed by atoms with Crippen molar-refractivity contribution >= 4 is 40.0 Å². The quantitative estimate of drug-likeness (QED) is 0.163. The van der Waals surface area contributed by atoms with Crippen LogP contribution >= 0.6 is 0 Å². The molecule has 1 amide bonds. The van der Waals surface area contributed by atoms with Crippen molar-refractivity contribution in [3.8, 4) is 0 Å². The number of fused-ring (bicyclic) bond motifs is 8. The second-order valence-corrected chi connectivity index (χ2v) is 14.1. The van der Waals surface area contributed by atoms with E-state index in [1.807, 2.05) is 38.2 Å². The smallest absolute Gasteiger partial charge is 0.305 e. The van der Waals surface area contributed by atoms with Crippen LogP contribution in [0.4, 0.5) is 0 Å². The normalized spacial score (nSPS) is 20.3. The molecule has 2 aliphatic heterocycles. The van der Waals surface area contributed by atoms with Crippen molar-refractivity contribution in [3.05, 3.63) is 89.0 Å². The Morgan fingerprint density at radius 1 is 0.918 bits per heavy atom. The monoisotopic (exact) mass is 664 g/mol. The highest BCUT2D eigenvalue weighted by Crippen LogP contribution is 2.48. The van der Waals surface area contributed by atoms with Gasteiger partial charge in [0.05, 0.1) is 12.8 Å². The zero-order valence-corrected chi connectivity index (χ0v) is 30.4. The van der Waals surface area contributed by atoms with Gasteiger partial charge in [-0.15, -0.1) is 6.58 Å². The van der Waals surface area contributed by atoms with Crippen molar-refractivity contribution < 1.29 is 14.3 Å². The Hall–Kier alpha value is -4.50. The van der Waals surface area contributed by atoms with Gasteiger partial charge in [0.25, 0.3) is 0 Å². The molecule has 0 saturated carbocycles. The molecule has 5 heterocycles. The minimum absolute atomic E-state index is 0.0183. The van der Waals surface area contributed by atoms with E-state index in [-0.39, 0.29) is 29.6 Å². The molecule has 260 valence electrons. The van der Waals surface area contributed by atoms with Crippen LogP contribution in [0.15, 0.2) is 49.6 Å². The molecule has 0 fully saturated rings. The average molecular weight is 665 g/mol. The molecule has 2 N–H and O–H groups in total. The second-order valence-electron chi connectivity index (χ2n) is 14.1. The molecule has 0 saturated heterocycles. The minimum atomic E-state index is -0.613. The second kappa shape index (κ2) is 14.5. The summed E-state index contributed by atoms with van der Waals surface area (Å²) in [5.41, 5.74) is 10.1. The van der Waals surface area contributed by atoms with E-state index >= 15 is 0 Å². The molecule has 0 radical (unpaired) electrons. The molecule has 9 heteroatoms. The molecular weight excluding hydrogens is 612 g/mol. The van der Waals surface area contributed by atoms with E-state index in [9.17, 15) is 9.59 Å². The molecule has 0 aromatic carbocycles. The van der Waals surface area contributed by atoms with Crippen LogP contribution < -0.4 is 0 Å². The number of likely N-dealkylation sites (N-methyl/N-ethyl adjacent to an activating group) is 2. The molecule has 3 aromatic heterocycles. The number of H-pyrrole nitrogens is 2. The van der Waals surface area contributed by atoms with Crippen LogP contribution in [-0.4, -0.2) is 83.0 Å². The number of esters is 1. The molecule has 4 unspecified atom stereocenters. The summed E-state index contributed by atoms with van der Waals surface area (Å²) in [5, 5.41) is 0. The number of amides is 1. The number of carbonyl (C=O) groups excluding carboxylic acids is 2. The Morgan fingerprint density at radius 2 is 1.65 bits per heavy atom. The molecule has 3 aromatic rings. The van der Waals surface area contributed by atoms with Gasteiger partial charge in [0, 0.05) is 101 Å². The zero-order chi connectivity index (χ0) is 35.6. The molecule has 5 rings (SSSR count). The fraction of sp³-hybridized carbons (Fsp3) is 0.450. The number of aromatic amines is 2. The lowest BCUT2D eigenvalue weighted by molar-refractivity contribution is -0.140. The Balaban J connectivity index is 1.76. The number of allylic oxidation sites excluding steroid dienone is 1. The fourth-order valence-electron chi connectivity index (χ4n) is 7.32. The van der Waals surface area contributed by atoms with Gasteiger partial charge in [0.1, 0.15) is 0 Å². The number of methoxy groups -OCH3 is 1. The summed E-state index contributed by atoms with van der Waals surface area (Å²) < 4.78 is 5.02. The molecule has 0 spiro atoms. The Bertz CT molecular complexity index is 1920. The third kappa shape index (κ3) is 7.13. The van der Waals surface area contributed by atoms with Crippen LogP contribution in [0.2, 0.25) is 0 Å². The summed E-state index contributed by atoms with van der Waals surface area (Å²) in [6.45, 7) is 18.5. The SMILES string of the molecule is C=Cc1c(C)c2cc3cc(C)c(cc4nc(cc5nc(cc1[nH]2)C(C)C5(C=C)CCC(=O)N(C)CCN(C)C)C(CCC(=O)OC)C4C)[nH]3. The highest BCUT2D eigenvalue weighted by Gasteiger charge is 2.43. The molecular formula is C40H52N6O3. The van der Waals surface area contributed by atoms with E-state index < -0.39 is 5.41 Å². The first kappa shape index (κ1) is 35.8. The third-order valence-electron chi connectivity index (χ3n) is 10.8. The molecule has 4 atom stereocenters. The van der Waals surface area contributed by atoms with E-state index in [0.29, 0.717) is 32.2 Å². The maximum Gasteiger partial charge on any atom is 0.305 e. The fourth-order valence-corrected chi connectivity index (χ4v) is 7.32. The van der Waals surface area contributed by atoms with Crippen molar-refractivity contribution in [2.75, 3.05) is 41.3 Å². The van der Waals surface area contributed by atoms with Gasteiger partial charge in [-0.2, -0.15) is 0 Å². The molecule has 9 nitrogen and oxygen atoms in total. The van der Waals surface area contributed by atoms with Crippen LogP contribution in [0.3, 0.4) is 0 Å². The van der Waals surface area contributed by atoms with E-state index in [1.54, 1.807) is 0 Å². The van der Waals surface area contributed by atoms with Gasteiger partial charge in [-0.25, -0.2) is 0 Å². The van der Waals surface area contributed by atoms with Crippen molar-refractivity contribution in [1.29, 1.82) is 0 Å². The summed E-state index contributed by atoms with van der Waals surface area (Å²) in [5.74, 6) is -0.181. The first-order valence-electron chi connectivity index (χ1n) is 17.3. The van der Waals surface area contributed by atoms with Gasteiger partial charge in [0.2, 0.25) is 5.91 Å². The number of ether oxygens (including phenoxy) is 1. The maximum absolute atomic E-state index is 13.4. The standard InChI is InChI=1S/C40H52N6O3/c1-11-29-25(4)32-20-28-19-24(3)31(41-28)21-33-26(5)30(13-14-39(48)49-10)36(43-33)23-37-40(12-2,27(6)34(44-37)22-35(29)42-32)16-15-38(47)46(9)18-17-45(7)8/h11-12,19-23,26-27,30,41-42H,1-2,13-18H2,3-10H3. The van der Waals surface area contributed by atoms with Gasteiger partial charge in [-0.05, 0) is 82.2 Å². The van der Waals surface area contributed by atoms with Crippen LogP contribution in [-0.2, 0) is 19.7 Å². The van der Waals surface area contributed by atoms with Crippen LogP contribution in [0, 0.1) is 13.8 Å². The molecule has 0 aliphatic carbocycles. The van der Waals surface area contributed by atoms with Gasteiger partial charge in [-0.3, -0.25) is 19.6 Å². The summed E-state index contributed by atoms with van der Waals surface area (Å²) >= 11 is 0.